The predicted molar refractivity (Wildman–Crippen MR) is 67.8 cm³/mol. The highest BCUT2D eigenvalue weighted by atomic mass is 16.3. The van der Waals surface area contributed by atoms with E-state index in [1.807, 2.05) is 6.07 Å². The molecule has 0 saturated heterocycles. The fraction of sp³-hybridized carbons (Fsp3) is 0.333. The normalized spacial score (nSPS) is 23.3. The summed E-state index contributed by atoms with van der Waals surface area (Å²) in [5.74, 6) is 0.748. The van der Waals surface area contributed by atoms with Gasteiger partial charge in [-0.2, -0.15) is 0 Å². The highest BCUT2D eigenvalue weighted by Crippen LogP contribution is 2.36. The molecule has 1 aromatic carbocycles. The second-order valence-electron chi connectivity index (χ2n) is 4.79. The summed E-state index contributed by atoms with van der Waals surface area (Å²) in [7, 11) is 0. The standard InChI is InChI=1S/C15H17NO/c1-2-4-13(5-3-1)14-8-15(9-14)16-10-12-6-7-17-11-12/h1-7,11,14-16H,8-10H2. The van der Waals surface area contributed by atoms with Gasteiger partial charge in [-0.1, -0.05) is 30.3 Å². The van der Waals surface area contributed by atoms with E-state index in [4.69, 9.17) is 4.42 Å². The summed E-state index contributed by atoms with van der Waals surface area (Å²) in [6.45, 7) is 0.919. The van der Waals surface area contributed by atoms with Crippen molar-refractivity contribution in [3.8, 4) is 0 Å². The number of hydrogen-bond acceptors (Lipinski definition) is 2. The third-order valence-corrected chi connectivity index (χ3v) is 3.58. The molecule has 1 aliphatic carbocycles. The van der Waals surface area contributed by atoms with Gasteiger partial charge in [0.25, 0.3) is 0 Å². The molecule has 0 radical (unpaired) electrons. The fourth-order valence-corrected chi connectivity index (χ4v) is 2.44. The second-order valence-corrected chi connectivity index (χ2v) is 4.79. The van der Waals surface area contributed by atoms with Gasteiger partial charge < -0.3 is 9.73 Å². The first-order chi connectivity index (χ1) is 8.42. The summed E-state index contributed by atoms with van der Waals surface area (Å²) < 4.78 is 5.05. The number of hydrogen-bond donors (Lipinski definition) is 1. The van der Waals surface area contributed by atoms with Gasteiger partial charge >= 0.3 is 0 Å². The van der Waals surface area contributed by atoms with Crippen LogP contribution in [0.5, 0.6) is 0 Å². The van der Waals surface area contributed by atoms with Gasteiger partial charge in [0.2, 0.25) is 0 Å². The summed E-state index contributed by atoms with van der Waals surface area (Å²) in [5, 5.41) is 3.56. The lowest BCUT2D eigenvalue weighted by Crippen LogP contribution is -2.39. The predicted octanol–water partition coefficient (Wildman–Crippen LogP) is 3.32. The van der Waals surface area contributed by atoms with Crippen molar-refractivity contribution in [3.05, 3.63) is 60.1 Å². The first kappa shape index (κ1) is 10.6. The van der Waals surface area contributed by atoms with Crippen molar-refractivity contribution in [2.45, 2.75) is 31.3 Å². The minimum absolute atomic E-state index is 0.662. The molecule has 0 spiro atoms. The zero-order valence-corrected chi connectivity index (χ0v) is 9.80. The van der Waals surface area contributed by atoms with Gasteiger partial charge in [-0.15, -0.1) is 0 Å². The van der Waals surface area contributed by atoms with E-state index in [-0.39, 0.29) is 0 Å². The number of benzene rings is 1. The lowest BCUT2D eigenvalue weighted by Gasteiger charge is -2.36. The van der Waals surface area contributed by atoms with Gasteiger partial charge in [-0.25, -0.2) is 0 Å². The Hall–Kier alpha value is -1.54. The molecule has 0 amide bonds. The molecule has 0 unspecified atom stereocenters. The van der Waals surface area contributed by atoms with E-state index in [1.165, 1.54) is 24.0 Å². The Bertz CT molecular complexity index is 443. The molecule has 88 valence electrons. The van der Waals surface area contributed by atoms with Crippen LogP contribution in [0.1, 0.15) is 29.9 Å². The molecule has 1 N–H and O–H groups in total. The van der Waals surface area contributed by atoms with Gasteiger partial charge in [0.1, 0.15) is 0 Å². The minimum atomic E-state index is 0.662. The molecule has 0 bridgehead atoms. The van der Waals surface area contributed by atoms with Crippen LogP contribution in [-0.4, -0.2) is 6.04 Å². The number of rotatable bonds is 4. The van der Waals surface area contributed by atoms with Crippen LogP contribution in [0.2, 0.25) is 0 Å². The molecule has 1 fully saturated rings. The summed E-state index contributed by atoms with van der Waals surface area (Å²) in [4.78, 5) is 0. The molecule has 17 heavy (non-hydrogen) atoms. The van der Waals surface area contributed by atoms with E-state index >= 15 is 0 Å². The molecular formula is C15H17NO. The molecule has 2 nitrogen and oxygen atoms in total. The molecular weight excluding hydrogens is 210 g/mol. The van der Waals surface area contributed by atoms with Crippen LogP contribution >= 0.6 is 0 Å². The number of furan rings is 1. The third-order valence-electron chi connectivity index (χ3n) is 3.58. The van der Waals surface area contributed by atoms with Crippen LogP contribution in [0.4, 0.5) is 0 Å². The summed E-state index contributed by atoms with van der Waals surface area (Å²) in [6, 6.07) is 13.5. The fourth-order valence-electron chi connectivity index (χ4n) is 2.44. The Balaban J connectivity index is 1.46. The molecule has 3 rings (SSSR count). The van der Waals surface area contributed by atoms with E-state index in [2.05, 4.69) is 35.6 Å². The third kappa shape index (κ3) is 2.42. The van der Waals surface area contributed by atoms with Crippen LogP contribution in [0, 0.1) is 0 Å². The first-order valence-corrected chi connectivity index (χ1v) is 6.21. The van der Waals surface area contributed by atoms with Gasteiger partial charge in [0.05, 0.1) is 12.5 Å². The zero-order chi connectivity index (χ0) is 11.5. The van der Waals surface area contributed by atoms with E-state index < -0.39 is 0 Å². The summed E-state index contributed by atoms with van der Waals surface area (Å²) >= 11 is 0. The first-order valence-electron chi connectivity index (χ1n) is 6.21. The molecule has 1 aromatic heterocycles. The maximum absolute atomic E-state index is 5.05. The minimum Gasteiger partial charge on any atom is -0.472 e. The van der Waals surface area contributed by atoms with E-state index in [0.717, 1.165) is 12.5 Å². The van der Waals surface area contributed by atoms with Gasteiger partial charge in [-0.05, 0) is 30.4 Å². The zero-order valence-electron chi connectivity index (χ0n) is 9.80. The van der Waals surface area contributed by atoms with E-state index in [0.29, 0.717) is 6.04 Å². The van der Waals surface area contributed by atoms with E-state index in [9.17, 15) is 0 Å². The van der Waals surface area contributed by atoms with Crippen molar-refractivity contribution in [1.29, 1.82) is 0 Å². The average molecular weight is 227 g/mol. The average Bonchev–Trinajstić information content (AvgIpc) is 2.81. The lowest BCUT2D eigenvalue weighted by molar-refractivity contribution is 0.289. The molecule has 1 heterocycles. The summed E-state index contributed by atoms with van der Waals surface area (Å²) in [5.41, 5.74) is 2.71. The SMILES string of the molecule is c1ccc(C2CC(NCc3ccoc3)C2)cc1. The van der Waals surface area contributed by atoms with Crippen LogP contribution < -0.4 is 5.32 Å². The van der Waals surface area contributed by atoms with Crippen LogP contribution in [0.25, 0.3) is 0 Å². The Morgan fingerprint density at radius 3 is 2.65 bits per heavy atom. The topological polar surface area (TPSA) is 25.2 Å². The Morgan fingerprint density at radius 2 is 1.94 bits per heavy atom. The highest BCUT2D eigenvalue weighted by Gasteiger charge is 2.29. The van der Waals surface area contributed by atoms with Crippen molar-refractivity contribution < 1.29 is 4.42 Å². The van der Waals surface area contributed by atoms with Crippen LogP contribution in [0.15, 0.2) is 53.3 Å². The van der Waals surface area contributed by atoms with Gasteiger partial charge in [0, 0.05) is 18.2 Å². The van der Waals surface area contributed by atoms with Crippen molar-refractivity contribution in [1.82, 2.24) is 5.32 Å². The molecule has 1 aliphatic rings. The lowest BCUT2D eigenvalue weighted by atomic mass is 9.76. The highest BCUT2D eigenvalue weighted by molar-refractivity contribution is 5.22. The Morgan fingerprint density at radius 1 is 1.12 bits per heavy atom. The second kappa shape index (κ2) is 4.76. The van der Waals surface area contributed by atoms with Crippen molar-refractivity contribution >= 4 is 0 Å². The van der Waals surface area contributed by atoms with Crippen molar-refractivity contribution in [2.24, 2.45) is 0 Å². The Labute approximate surface area is 102 Å². The molecule has 0 atom stereocenters. The molecule has 2 heteroatoms. The Kier molecular flexibility index (Phi) is 2.97. The van der Waals surface area contributed by atoms with Crippen LogP contribution in [-0.2, 0) is 6.54 Å². The quantitative estimate of drug-likeness (QED) is 0.866. The number of nitrogens with one attached hydrogen (secondary N) is 1. The van der Waals surface area contributed by atoms with E-state index in [1.54, 1.807) is 12.5 Å². The largest absolute Gasteiger partial charge is 0.472 e. The smallest absolute Gasteiger partial charge is 0.0947 e. The monoisotopic (exact) mass is 227 g/mol. The van der Waals surface area contributed by atoms with Gasteiger partial charge in [-0.3, -0.25) is 0 Å². The molecule has 1 saturated carbocycles. The van der Waals surface area contributed by atoms with Crippen molar-refractivity contribution in [2.75, 3.05) is 0 Å². The van der Waals surface area contributed by atoms with Crippen molar-refractivity contribution in [3.63, 3.8) is 0 Å². The summed E-state index contributed by atoms with van der Waals surface area (Å²) in [6.07, 6.45) is 6.04. The van der Waals surface area contributed by atoms with Crippen LogP contribution in [0.3, 0.4) is 0 Å². The molecule has 2 aromatic rings. The maximum atomic E-state index is 5.05. The van der Waals surface area contributed by atoms with Gasteiger partial charge in [0.15, 0.2) is 0 Å². The molecule has 0 aliphatic heterocycles. The maximum Gasteiger partial charge on any atom is 0.0947 e.